The molecule has 10 rings (SSSR count). The van der Waals surface area contributed by atoms with Crippen molar-refractivity contribution >= 4 is 22.7 Å². The van der Waals surface area contributed by atoms with E-state index in [0.29, 0.717) is 17.1 Å². The number of aromatic hydroxyl groups is 1. The van der Waals surface area contributed by atoms with Gasteiger partial charge in [-0.2, -0.15) is 0 Å². The number of likely N-dealkylation sites (tertiary alicyclic amines) is 1. The Morgan fingerprint density at radius 1 is 0.839 bits per heavy atom. The molecule has 284 valence electrons. The number of hydrogen-bond acceptors (Lipinski definition) is 7. The topological polar surface area (TPSA) is 69.8 Å². The van der Waals surface area contributed by atoms with Gasteiger partial charge in [0.25, 0.3) is 0 Å². The van der Waals surface area contributed by atoms with Crippen LogP contribution in [0.2, 0.25) is 0 Å². The molecular formula is C48H50N6OS. The van der Waals surface area contributed by atoms with E-state index in [0.717, 1.165) is 49.8 Å². The number of rotatable bonds is 6. The third-order valence-electron chi connectivity index (χ3n) is 13.4. The molecule has 2 fully saturated rings. The third-order valence-corrected chi connectivity index (χ3v) is 14.6. The number of phenolic OH excluding ortho intramolecular Hbond substituents is 1. The summed E-state index contributed by atoms with van der Waals surface area (Å²) in [6.45, 7) is 14.1. The van der Waals surface area contributed by atoms with E-state index in [1.807, 2.05) is 30.4 Å². The number of nitrogens with zero attached hydrogens (tertiary/aromatic N) is 6. The van der Waals surface area contributed by atoms with E-state index in [9.17, 15) is 5.11 Å². The van der Waals surface area contributed by atoms with Crippen LogP contribution >= 0.6 is 11.3 Å². The van der Waals surface area contributed by atoms with Crippen LogP contribution in [0.5, 0.6) is 5.75 Å². The predicted octanol–water partition coefficient (Wildman–Crippen LogP) is 9.84. The second kappa shape index (κ2) is 13.9. The molecule has 7 nitrogen and oxygen atoms in total. The Balaban J connectivity index is 0.784. The van der Waals surface area contributed by atoms with Gasteiger partial charge in [0.15, 0.2) is 5.82 Å². The maximum atomic E-state index is 10.3. The minimum absolute atomic E-state index is 0.0717. The largest absolute Gasteiger partial charge is 0.508 e. The molecule has 4 aromatic carbocycles. The Morgan fingerprint density at radius 2 is 1.59 bits per heavy atom. The van der Waals surface area contributed by atoms with Crippen molar-refractivity contribution in [3.05, 3.63) is 158 Å². The monoisotopic (exact) mass is 758 g/mol. The van der Waals surface area contributed by atoms with Crippen molar-refractivity contribution in [2.75, 3.05) is 31.1 Å². The molecule has 56 heavy (non-hydrogen) atoms. The normalized spacial score (nSPS) is 21.5. The Kier molecular flexibility index (Phi) is 8.75. The number of piperidine rings is 1. The van der Waals surface area contributed by atoms with Crippen LogP contribution in [0, 0.1) is 26.2 Å². The number of thiophene rings is 1. The van der Waals surface area contributed by atoms with Crippen LogP contribution in [-0.4, -0.2) is 56.7 Å². The van der Waals surface area contributed by atoms with Crippen LogP contribution in [0.15, 0.2) is 102 Å². The van der Waals surface area contributed by atoms with Crippen molar-refractivity contribution in [1.29, 1.82) is 0 Å². The van der Waals surface area contributed by atoms with Crippen LogP contribution in [0.4, 0.5) is 5.69 Å². The molecule has 0 saturated carbocycles. The Hall–Kier alpha value is -5.05. The van der Waals surface area contributed by atoms with Crippen LogP contribution in [0.3, 0.4) is 0 Å². The minimum atomic E-state index is -0.0717. The summed E-state index contributed by atoms with van der Waals surface area (Å²) in [4.78, 5) is 11.8. The van der Waals surface area contributed by atoms with Crippen molar-refractivity contribution in [1.82, 2.24) is 19.7 Å². The number of fused-ring (bicyclic) bond motifs is 4. The average Bonchev–Trinajstić information content (AvgIpc) is 3.70. The highest BCUT2D eigenvalue weighted by molar-refractivity contribution is 7.15. The quantitative estimate of drug-likeness (QED) is 0.183. The van der Waals surface area contributed by atoms with Crippen LogP contribution in [0.1, 0.15) is 105 Å². The summed E-state index contributed by atoms with van der Waals surface area (Å²) in [6.07, 6.45) is 4.56. The molecule has 8 heteroatoms. The molecule has 0 radical (unpaired) electrons. The smallest absolute Gasteiger partial charge is 0.162 e. The van der Waals surface area contributed by atoms with E-state index in [-0.39, 0.29) is 12.0 Å². The zero-order valence-corrected chi connectivity index (χ0v) is 33.7. The first kappa shape index (κ1) is 35.4. The molecule has 0 bridgehead atoms. The molecule has 2 aromatic heterocycles. The first-order chi connectivity index (χ1) is 27.2. The SMILES string of the molecule is Cc1sc2c(c1C)C(c1ccc(CN3CC4(CCN(c5ccc([C@@H]6c7ccc(O)cc7CC[C@@H]6c6ccccc6)cc5)CC4)C3)cc1)=N[C@@H](C)c1nnc(C)n1-2. The van der Waals surface area contributed by atoms with E-state index in [4.69, 9.17) is 4.99 Å². The van der Waals surface area contributed by atoms with Crippen molar-refractivity contribution in [2.45, 2.75) is 77.8 Å². The summed E-state index contributed by atoms with van der Waals surface area (Å²) >= 11 is 1.81. The molecule has 1 aliphatic carbocycles. The van der Waals surface area contributed by atoms with Gasteiger partial charge in [0.2, 0.25) is 0 Å². The number of hydrogen-bond donors (Lipinski definition) is 1. The Bertz CT molecular complexity index is 2430. The van der Waals surface area contributed by atoms with E-state index < -0.39 is 0 Å². The fourth-order valence-electron chi connectivity index (χ4n) is 10.2. The second-order valence-electron chi connectivity index (χ2n) is 16.9. The van der Waals surface area contributed by atoms with Crippen LogP contribution in [0.25, 0.3) is 5.00 Å². The summed E-state index contributed by atoms with van der Waals surface area (Å²) in [5, 5.41) is 20.4. The van der Waals surface area contributed by atoms with Gasteiger partial charge in [0.1, 0.15) is 22.6 Å². The summed E-state index contributed by atoms with van der Waals surface area (Å²) in [7, 11) is 0. The number of benzene rings is 4. The first-order valence-electron chi connectivity index (χ1n) is 20.4. The highest BCUT2D eigenvalue weighted by Gasteiger charge is 2.44. The summed E-state index contributed by atoms with van der Waals surface area (Å²) in [5.74, 6) is 2.89. The van der Waals surface area contributed by atoms with E-state index >= 15 is 0 Å². The molecule has 1 N–H and O–H groups in total. The molecule has 0 unspecified atom stereocenters. The predicted molar refractivity (Wildman–Crippen MR) is 227 cm³/mol. The number of anilines is 1. The average molecular weight is 759 g/mol. The van der Waals surface area contributed by atoms with Crippen molar-refractivity contribution in [2.24, 2.45) is 10.4 Å². The van der Waals surface area contributed by atoms with E-state index in [1.54, 1.807) is 0 Å². The van der Waals surface area contributed by atoms with Gasteiger partial charge in [-0.05, 0) is 122 Å². The number of phenols is 1. The molecule has 3 atom stereocenters. The highest BCUT2D eigenvalue weighted by Crippen LogP contribution is 2.48. The van der Waals surface area contributed by atoms with Gasteiger partial charge in [-0.1, -0.05) is 72.8 Å². The van der Waals surface area contributed by atoms with Gasteiger partial charge >= 0.3 is 0 Å². The molecular weight excluding hydrogens is 709 g/mol. The minimum Gasteiger partial charge on any atom is -0.508 e. The van der Waals surface area contributed by atoms with Gasteiger partial charge in [-0.25, -0.2) is 0 Å². The van der Waals surface area contributed by atoms with E-state index in [1.165, 1.54) is 86.0 Å². The van der Waals surface area contributed by atoms with Crippen molar-refractivity contribution in [3.8, 4) is 10.8 Å². The fourth-order valence-corrected chi connectivity index (χ4v) is 11.5. The second-order valence-corrected chi connectivity index (χ2v) is 18.1. The summed E-state index contributed by atoms with van der Waals surface area (Å²) in [5.41, 5.74) is 13.3. The van der Waals surface area contributed by atoms with Crippen LogP contribution in [-0.2, 0) is 13.0 Å². The van der Waals surface area contributed by atoms with Crippen LogP contribution < -0.4 is 4.90 Å². The van der Waals surface area contributed by atoms with Crippen molar-refractivity contribution in [3.63, 3.8) is 0 Å². The van der Waals surface area contributed by atoms with Gasteiger partial charge in [-0.3, -0.25) is 14.5 Å². The lowest BCUT2D eigenvalue weighted by Gasteiger charge is -2.54. The maximum absolute atomic E-state index is 10.3. The van der Waals surface area contributed by atoms with Gasteiger partial charge in [0.05, 0.1) is 5.71 Å². The summed E-state index contributed by atoms with van der Waals surface area (Å²) in [6, 6.07) is 35.5. The maximum Gasteiger partial charge on any atom is 0.162 e. The van der Waals surface area contributed by atoms with Crippen molar-refractivity contribution < 1.29 is 5.11 Å². The Labute approximate surface area is 334 Å². The fraction of sp³-hybridized carbons (Fsp3) is 0.354. The molecule has 2 saturated heterocycles. The zero-order chi connectivity index (χ0) is 38.1. The van der Waals surface area contributed by atoms with Gasteiger partial charge < -0.3 is 10.0 Å². The molecule has 4 aliphatic rings. The Morgan fingerprint density at radius 3 is 2.34 bits per heavy atom. The molecule has 0 amide bonds. The lowest BCUT2D eigenvalue weighted by Crippen LogP contribution is -2.59. The molecule has 5 heterocycles. The molecule has 1 spiro atoms. The highest BCUT2D eigenvalue weighted by atomic mass is 32.1. The third kappa shape index (κ3) is 6.09. The standard InChI is InChI=1S/C48H50N6OS/c1-30-32(3)56-47-43(30)45(49-31(2)46-51-50-33(4)54(46)47)37-12-10-34(11-13-37)27-52-28-48(29-52)22-24-53(25-23-48)39-17-14-36(15-18-39)44-41(35-8-6-5-7-9-35)20-16-38-26-40(55)19-21-42(38)44/h5-15,17-19,21,26,31,41,44,55H,16,20,22-25,27-29H2,1-4H3/t31-,41+,44-/m0/s1. The summed E-state index contributed by atoms with van der Waals surface area (Å²) < 4.78 is 2.21. The number of aromatic nitrogens is 3. The van der Waals surface area contributed by atoms with E-state index in [2.05, 4.69) is 130 Å². The number of aryl methyl sites for hydroxylation is 3. The lowest BCUT2D eigenvalue weighted by molar-refractivity contribution is -0.0240. The van der Waals surface area contributed by atoms with Gasteiger partial charge in [-0.15, -0.1) is 21.5 Å². The molecule has 3 aliphatic heterocycles. The first-order valence-corrected chi connectivity index (χ1v) is 21.2. The molecule has 6 aromatic rings. The number of aliphatic imine (C=N–C) groups is 1. The lowest BCUT2D eigenvalue weighted by atomic mass is 9.69. The van der Waals surface area contributed by atoms with Gasteiger partial charge in [0, 0.05) is 60.3 Å². The zero-order valence-electron chi connectivity index (χ0n) is 32.9.